The van der Waals surface area contributed by atoms with Gasteiger partial charge in [0.2, 0.25) is 0 Å². The molecule has 1 spiro atoms. The fraction of sp³-hybridized carbons (Fsp3) is 0.579. The summed E-state index contributed by atoms with van der Waals surface area (Å²) in [7, 11) is 0. The van der Waals surface area contributed by atoms with Gasteiger partial charge < -0.3 is 9.64 Å². The van der Waals surface area contributed by atoms with Crippen molar-refractivity contribution in [2.24, 2.45) is 0 Å². The Morgan fingerprint density at radius 1 is 1.22 bits per heavy atom. The lowest BCUT2D eigenvalue weighted by molar-refractivity contribution is -0.134. The zero-order valence-electron chi connectivity index (χ0n) is 15.8. The van der Waals surface area contributed by atoms with Crippen molar-refractivity contribution in [3.63, 3.8) is 0 Å². The second-order valence-corrected chi connectivity index (χ2v) is 8.37. The van der Waals surface area contributed by atoms with Crippen LogP contribution in [0.15, 0.2) is 17.9 Å². The van der Waals surface area contributed by atoms with Gasteiger partial charge in [0.1, 0.15) is 17.0 Å². The number of likely N-dealkylation sites (tertiary alicyclic amines) is 1. The van der Waals surface area contributed by atoms with Crippen LogP contribution in [0.25, 0.3) is 0 Å². The molecule has 7 nitrogen and oxygen atoms in total. The van der Waals surface area contributed by atoms with E-state index in [1.54, 1.807) is 11.3 Å². The summed E-state index contributed by atoms with van der Waals surface area (Å²) in [6, 6.07) is 0. The third-order valence-electron chi connectivity index (χ3n) is 5.67. The molecule has 1 amide bonds. The first kappa shape index (κ1) is 18.5. The molecule has 0 N–H and O–H groups in total. The molecule has 2 aliphatic heterocycles. The summed E-state index contributed by atoms with van der Waals surface area (Å²) in [5.74, 6) is 0.00306. The summed E-state index contributed by atoms with van der Waals surface area (Å²) in [5.41, 5.74) is 2.10. The maximum absolute atomic E-state index is 12.9. The summed E-state index contributed by atoms with van der Waals surface area (Å²) in [5, 5.41) is 3.17. The third-order valence-corrected chi connectivity index (χ3v) is 6.43. The molecule has 0 aromatic carbocycles. The Labute approximate surface area is 163 Å². The molecule has 0 radical (unpaired) electrons. The van der Waals surface area contributed by atoms with Crippen molar-refractivity contribution in [1.29, 1.82) is 0 Å². The van der Waals surface area contributed by atoms with Gasteiger partial charge in [0, 0.05) is 49.0 Å². The van der Waals surface area contributed by atoms with Gasteiger partial charge >= 0.3 is 0 Å². The summed E-state index contributed by atoms with van der Waals surface area (Å²) < 4.78 is 6.21. The number of carbonyl (C=O) groups is 1. The number of rotatable bonds is 3. The zero-order chi connectivity index (χ0) is 18.9. The second kappa shape index (κ2) is 7.61. The van der Waals surface area contributed by atoms with Crippen LogP contribution >= 0.6 is 11.3 Å². The van der Waals surface area contributed by atoms with Crippen LogP contribution in [0, 0.1) is 13.8 Å². The van der Waals surface area contributed by atoms with Crippen LogP contribution in [-0.4, -0.2) is 69.0 Å². The van der Waals surface area contributed by atoms with Gasteiger partial charge in [-0.15, -0.1) is 11.3 Å². The highest BCUT2D eigenvalue weighted by atomic mass is 32.1. The fourth-order valence-corrected chi connectivity index (χ4v) is 4.56. The van der Waals surface area contributed by atoms with E-state index < -0.39 is 0 Å². The summed E-state index contributed by atoms with van der Waals surface area (Å²) in [6.45, 7) is 8.68. The van der Waals surface area contributed by atoms with E-state index in [4.69, 9.17) is 4.74 Å². The van der Waals surface area contributed by atoms with Gasteiger partial charge in [0.15, 0.2) is 0 Å². The van der Waals surface area contributed by atoms with Gasteiger partial charge in [-0.25, -0.2) is 15.0 Å². The number of nitrogens with zero attached hydrogens (tertiary/aromatic N) is 5. The monoisotopic (exact) mass is 387 g/mol. The molecule has 2 aromatic heterocycles. The van der Waals surface area contributed by atoms with Crippen molar-refractivity contribution < 1.29 is 9.53 Å². The molecule has 0 bridgehead atoms. The van der Waals surface area contributed by atoms with E-state index in [0.29, 0.717) is 18.8 Å². The molecule has 4 heterocycles. The molecular formula is C19H25N5O2S. The van der Waals surface area contributed by atoms with Crippen LogP contribution < -0.4 is 0 Å². The molecule has 2 saturated heterocycles. The number of aryl methyl sites for hydroxylation is 1. The molecule has 0 saturated carbocycles. The minimum Gasteiger partial charge on any atom is -0.372 e. The standard InChI is InChI=1S/C19H25N5O2S/c1-14-15(2)21-13-22-17(14)18(25)24-6-3-19(4-7-24)12-23(8-9-26-19)11-16-20-5-10-27-16/h5,10,13H,3-4,6-9,11-12H2,1-2H3. The molecule has 2 aromatic rings. The molecule has 0 atom stereocenters. The molecule has 2 fully saturated rings. The predicted molar refractivity (Wildman–Crippen MR) is 103 cm³/mol. The van der Waals surface area contributed by atoms with Gasteiger partial charge in [-0.05, 0) is 26.7 Å². The number of hydrogen-bond acceptors (Lipinski definition) is 7. The van der Waals surface area contributed by atoms with E-state index in [2.05, 4.69) is 19.9 Å². The maximum Gasteiger partial charge on any atom is 0.272 e. The third kappa shape index (κ3) is 3.88. The number of morpholine rings is 1. The van der Waals surface area contributed by atoms with E-state index >= 15 is 0 Å². The summed E-state index contributed by atoms with van der Waals surface area (Å²) in [4.78, 5) is 30.0. The van der Waals surface area contributed by atoms with Gasteiger partial charge in [-0.3, -0.25) is 9.69 Å². The van der Waals surface area contributed by atoms with Gasteiger partial charge in [0.25, 0.3) is 5.91 Å². The Kier molecular flexibility index (Phi) is 5.21. The fourth-order valence-electron chi connectivity index (χ4n) is 3.90. The average molecular weight is 388 g/mol. The number of ether oxygens (including phenoxy) is 1. The van der Waals surface area contributed by atoms with E-state index in [1.807, 2.05) is 30.3 Å². The number of aromatic nitrogens is 3. The first-order chi connectivity index (χ1) is 13.1. The Morgan fingerprint density at radius 3 is 2.78 bits per heavy atom. The predicted octanol–water partition coefficient (Wildman–Crippen LogP) is 2.06. The highest BCUT2D eigenvalue weighted by molar-refractivity contribution is 7.09. The van der Waals surface area contributed by atoms with Crippen LogP contribution in [0.3, 0.4) is 0 Å². The molecule has 4 rings (SSSR count). The van der Waals surface area contributed by atoms with Crippen LogP contribution in [0.2, 0.25) is 0 Å². The van der Waals surface area contributed by atoms with Crippen LogP contribution in [-0.2, 0) is 11.3 Å². The summed E-state index contributed by atoms with van der Waals surface area (Å²) >= 11 is 1.70. The molecule has 0 aliphatic carbocycles. The van der Waals surface area contributed by atoms with Crippen molar-refractivity contribution in [1.82, 2.24) is 24.8 Å². The lowest BCUT2D eigenvalue weighted by Gasteiger charge is -2.47. The van der Waals surface area contributed by atoms with Gasteiger partial charge in [0.05, 0.1) is 18.8 Å². The van der Waals surface area contributed by atoms with Crippen LogP contribution in [0.5, 0.6) is 0 Å². The van der Waals surface area contributed by atoms with Crippen molar-refractivity contribution in [3.05, 3.63) is 39.9 Å². The largest absolute Gasteiger partial charge is 0.372 e. The number of carbonyl (C=O) groups excluding carboxylic acids is 1. The van der Waals surface area contributed by atoms with Gasteiger partial charge in [-0.2, -0.15) is 0 Å². The van der Waals surface area contributed by atoms with Crippen molar-refractivity contribution in [2.45, 2.75) is 38.8 Å². The highest BCUT2D eigenvalue weighted by Gasteiger charge is 2.41. The molecular weight excluding hydrogens is 362 g/mol. The Bertz CT molecular complexity index is 802. The minimum absolute atomic E-state index is 0.00306. The van der Waals surface area contributed by atoms with Crippen molar-refractivity contribution in [2.75, 3.05) is 32.8 Å². The minimum atomic E-state index is -0.150. The molecule has 27 heavy (non-hydrogen) atoms. The van der Waals surface area contributed by atoms with Gasteiger partial charge in [-0.1, -0.05) is 0 Å². The van der Waals surface area contributed by atoms with E-state index in [1.165, 1.54) is 6.33 Å². The Hall–Kier alpha value is -1.90. The first-order valence-corrected chi connectivity index (χ1v) is 10.3. The normalized spacial score (nSPS) is 20.1. The van der Waals surface area contributed by atoms with Crippen LogP contribution in [0.1, 0.15) is 39.6 Å². The average Bonchev–Trinajstić information content (AvgIpc) is 3.17. The van der Waals surface area contributed by atoms with Crippen molar-refractivity contribution >= 4 is 17.2 Å². The second-order valence-electron chi connectivity index (χ2n) is 7.39. The number of hydrogen-bond donors (Lipinski definition) is 0. The number of piperidine rings is 1. The SMILES string of the molecule is Cc1ncnc(C(=O)N2CCC3(CC2)CN(Cc2nccs2)CCO3)c1C. The lowest BCUT2D eigenvalue weighted by atomic mass is 9.89. The first-order valence-electron chi connectivity index (χ1n) is 9.38. The Balaban J connectivity index is 1.39. The number of thiazole rings is 1. The van der Waals surface area contributed by atoms with E-state index in [-0.39, 0.29) is 11.5 Å². The van der Waals surface area contributed by atoms with Crippen molar-refractivity contribution in [3.8, 4) is 0 Å². The maximum atomic E-state index is 12.9. The zero-order valence-corrected chi connectivity index (χ0v) is 16.7. The smallest absolute Gasteiger partial charge is 0.272 e. The highest BCUT2D eigenvalue weighted by Crippen LogP contribution is 2.31. The lowest BCUT2D eigenvalue weighted by Crippen LogP contribution is -2.57. The quantitative estimate of drug-likeness (QED) is 0.803. The molecule has 2 aliphatic rings. The van der Waals surface area contributed by atoms with Crippen LogP contribution in [0.4, 0.5) is 0 Å². The molecule has 0 unspecified atom stereocenters. The molecule has 144 valence electrons. The van der Waals surface area contributed by atoms with E-state index in [9.17, 15) is 4.79 Å². The number of amides is 1. The summed E-state index contributed by atoms with van der Waals surface area (Å²) in [6.07, 6.45) is 5.05. The topological polar surface area (TPSA) is 71.5 Å². The van der Waals surface area contributed by atoms with E-state index in [0.717, 1.165) is 55.3 Å². The Morgan fingerprint density at radius 2 is 2.04 bits per heavy atom. The molecule has 8 heteroatoms.